The fraction of sp³-hybridized carbons (Fsp3) is 0.333. The van der Waals surface area contributed by atoms with E-state index >= 15 is 0 Å². The van der Waals surface area contributed by atoms with Gasteiger partial charge in [-0.05, 0) is 18.1 Å². The van der Waals surface area contributed by atoms with Crippen LogP contribution in [0.15, 0.2) is 30.6 Å². The molecule has 1 heterocycles. The highest BCUT2D eigenvalue weighted by atomic mass is 35.5. The van der Waals surface area contributed by atoms with E-state index in [0.717, 1.165) is 5.56 Å². The van der Waals surface area contributed by atoms with Gasteiger partial charge in [-0.15, -0.1) is 0 Å². The summed E-state index contributed by atoms with van der Waals surface area (Å²) in [5.41, 5.74) is 0.628. The van der Waals surface area contributed by atoms with Gasteiger partial charge < -0.3 is 15.4 Å². The van der Waals surface area contributed by atoms with E-state index < -0.39 is 4.92 Å². The fourth-order valence-corrected chi connectivity index (χ4v) is 2.26. The average molecular weight is 352 g/mol. The van der Waals surface area contributed by atoms with Crippen LogP contribution in [-0.2, 0) is 11.3 Å². The summed E-state index contributed by atoms with van der Waals surface area (Å²) in [6, 6.07) is 7.27. The first-order valence-corrected chi connectivity index (χ1v) is 7.70. The molecule has 1 aromatic heterocycles. The molecular formula is C15H18ClN5O3. The first-order valence-electron chi connectivity index (χ1n) is 7.33. The molecule has 0 atom stereocenters. The van der Waals surface area contributed by atoms with Crippen LogP contribution in [0.3, 0.4) is 0 Å². The number of nitro groups is 1. The van der Waals surface area contributed by atoms with Crippen molar-refractivity contribution < 1.29 is 9.66 Å². The van der Waals surface area contributed by atoms with Crippen LogP contribution in [0.4, 0.5) is 17.3 Å². The summed E-state index contributed by atoms with van der Waals surface area (Å²) in [5, 5.41) is 17.9. The molecule has 9 heteroatoms. The topological polar surface area (TPSA) is 102 Å². The molecule has 24 heavy (non-hydrogen) atoms. The Morgan fingerprint density at radius 2 is 1.96 bits per heavy atom. The van der Waals surface area contributed by atoms with Crippen LogP contribution in [-0.4, -0.2) is 35.2 Å². The molecule has 0 unspecified atom stereocenters. The Labute approximate surface area is 144 Å². The zero-order valence-electron chi connectivity index (χ0n) is 13.2. The van der Waals surface area contributed by atoms with E-state index in [4.69, 9.17) is 16.3 Å². The van der Waals surface area contributed by atoms with Crippen LogP contribution < -0.4 is 10.6 Å². The number of halogens is 1. The van der Waals surface area contributed by atoms with E-state index in [1.165, 1.54) is 6.33 Å². The van der Waals surface area contributed by atoms with Gasteiger partial charge in [0, 0.05) is 31.8 Å². The zero-order chi connectivity index (χ0) is 17.4. The standard InChI is InChI=1S/C15H18ClN5O3/c1-24-8-4-7-17-14-13(21(22)23)15(20-10-19-14)18-9-11-5-2-3-6-12(11)16/h2-3,5-6,10H,4,7-9H2,1H3,(H2,17,18,19,20). The molecule has 2 rings (SSSR count). The molecule has 128 valence electrons. The summed E-state index contributed by atoms with van der Waals surface area (Å²) in [6.07, 6.45) is 1.99. The van der Waals surface area contributed by atoms with Crippen LogP contribution in [0.5, 0.6) is 0 Å². The number of nitrogens with zero attached hydrogens (tertiary/aromatic N) is 3. The summed E-state index contributed by atoms with van der Waals surface area (Å²) in [4.78, 5) is 18.8. The van der Waals surface area contributed by atoms with Crippen molar-refractivity contribution in [2.45, 2.75) is 13.0 Å². The maximum absolute atomic E-state index is 11.4. The minimum atomic E-state index is -0.506. The number of anilines is 2. The van der Waals surface area contributed by atoms with E-state index in [1.807, 2.05) is 18.2 Å². The van der Waals surface area contributed by atoms with Gasteiger partial charge in [0.1, 0.15) is 6.33 Å². The lowest BCUT2D eigenvalue weighted by atomic mass is 10.2. The lowest BCUT2D eigenvalue weighted by Crippen LogP contribution is -2.11. The molecule has 8 nitrogen and oxygen atoms in total. The first kappa shape index (κ1) is 17.9. The Bertz CT molecular complexity index is 699. The van der Waals surface area contributed by atoms with Crippen LogP contribution in [0.1, 0.15) is 12.0 Å². The zero-order valence-corrected chi connectivity index (χ0v) is 13.9. The van der Waals surface area contributed by atoms with E-state index in [-0.39, 0.29) is 17.3 Å². The van der Waals surface area contributed by atoms with Crippen LogP contribution in [0, 0.1) is 10.1 Å². The highest BCUT2D eigenvalue weighted by Crippen LogP contribution is 2.29. The van der Waals surface area contributed by atoms with Gasteiger partial charge in [0.05, 0.1) is 4.92 Å². The van der Waals surface area contributed by atoms with Gasteiger partial charge in [-0.3, -0.25) is 10.1 Å². The van der Waals surface area contributed by atoms with Gasteiger partial charge >= 0.3 is 5.69 Å². The number of rotatable bonds is 9. The maximum atomic E-state index is 11.4. The average Bonchev–Trinajstić information content (AvgIpc) is 2.58. The van der Waals surface area contributed by atoms with Gasteiger partial charge in [-0.25, -0.2) is 9.97 Å². The molecule has 0 fully saturated rings. The van der Waals surface area contributed by atoms with Crippen LogP contribution in [0.2, 0.25) is 5.02 Å². The summed E-state index contributed by atoms with van der Waals surface area (Å²) in [6.45, 7) is 1.39. The molecule has 2 N–H and O–H groups in total. The van der Waals surface area contributed by atoms with Gasteiger partial charge in [-0.1, -0.05) is 29.8 Å². The molecule has 0 radical (unpaired) electrons. The summed E-state index contributed by atoms with van der Waals surface area (Å²) in [5.74, 6) is 0.317. The van der Waals surface area contributed by atoms with E-state index in [1.54, 1.807) is 13.2 Å². The Balaban J connectivity index is 2.14. The molecule has 1 aromatic carbocycles. The number of hydrogen-bond acceptors (Lipinski definition) is 7. The Hall–Kier alpha value is -2.45. The van der Waals surface area contributed by atoms with Crippen molar-refractivity contribution in [2.75, 3.05) is 30.9 Å². The highest BCUT2D eigenvalue weighted by Gasteiger charge is 2.22. The Morgan fingerprint density at radius 3 is 2.62 bits per heavy atom. The molecule has 0 aliphatic heterocycles. The van der Waals surface area contributed by atoms with Crippen molar-refractivity contribution in [3.8, 4) is 0 Å². The second-order valence-electron chi connectivity index (χ2n) is 4.89. The minimum absolute atomic E-state index is 0.143. The largest absolute Gasteiger partial charge is 0.385 e. The number of nitrogens with one attached hydrogen (secondary N) is 2. The maximum Gasteiger partial charge on any atom is 0.353 e. The summed E-state index contributed by atoms with van der Waals surface area (Å²) >= 11 is 6.09. The lowest BCUT2D eigenvalue weighted by Gasteiger charge is -2.10. The normalized spacial score (nSPS) is 10.4. The molecule has 0 aliphatic rings. The molecule has 0 bridgehead atoms. The quantitative estimate of drug-likeness (QED) is 0.406. The van der Waals surface area contributed by atoms with Gasteiger partial charge in [-0.2, -0.15) is 0 Å². The number of benzene rings is 1. The second kappa shape index (κ2) is 8.99. The Kier molecular flexibility index (Phi) is 6.71. The number of methoxy groups -OCH3 is 1. The highest BCUT2D eigenvalue weighted by molar-refractivity contribution is 6.31. The van der Waals surface area contributed by atoms with Crippen molar-refractivity contribution in [1.82, 2.24) is 9.97 Å². The monoisotopic (exact) mass is 351 g/mol. The predicted octanol–water partition coefficient (Wildman–Crippen LogP) is 3.10. The van der Waals surface area contributed by atoms with Gasteiger partial charge in [0.25, 0.3) is 0 Å². The van der Waals surface area contributed by atoms with Crippen LogP contribution in [0.25, 0.3) is 0 Å². The van der Waals surface area contributed by atoms with Crippen LogP contribution >= 0.6 is 11.6 Å². The molecule has 0 spiro atoms. The van der Waals surface area contributed by atoms with Crippen molar-refractivity contribution in [2.24, 2.45) is 0 Å². The van der Waals surface area contributed by atoms with E-state index in [0.29, 0.717) is 31.1 Å². The molecule has 0 saturated carbocycles. The third-order valence-corrected chi connectivity index (χ3v) is 3.60. The fourth-order valence-electron chi connectivity index (χ4n) is 2.05. The van der Waals surface area contributed by atoms with Crippen molar-refractivity contribution in [3.63, 3.8) is 0 Å². The predicted molar refractivity (Wildman–Crippen MR) is 92.4 cm³/mol. The molecule has 0 amide bonds. The first-order chi connectivity index (χ1) is 11.6. The Morgan fingerprint density at radius 1 is 1.25 bits per heavy atom. The SMILES string of the molecule is COCCCNc1ncnc(NCc2ccccc2Cl)c1[N+](=O)[O-]. The third-order valence-electron chi connectivity index (χ3n) is 3.23. The second-order valence-corrected chi connectivity index (χ2v) is 5.30. The van der Waals surface area contributed by atoms with E-state index in [2.05, 4.69) is 20.6 Å². The smallest absolute Gasteiger partial charge is 0.353 e. The number of aromatic nitrogens is 2. The van der Waals surface area contributed by atoms with Gasteiger partial charge in [0.15, 0.2) is 0 Å². The van der Waals surface area contributed by atoms with Crippen molar-refractivity contribution in [1.29, 1.82) is 0 Å². The van der Waals surface area contributed by atoms with E-state index in [9.17, 15) is 10.1 Å². The van der Waals surface area contributed by atoms with Crippen molar-refractivity contribution in [3.05, 3.63) is 51.3 Å². The number of ether oxygens (including phenoxy) is 1. The third kappa shape index (κ3) is 4.77. The molecule has 2 aromatic rings. The number of hydrogen-bond donors (Lipinski definition) is 2. The molecular weight excluding hydrogens is 334 g/mol. The summed E-state index contributed by atoms with van der Waals surface area (Å²) in [7, 11) is 1.60. The van der Waals surface area contributed by atoms with Crippen molar-refractivity contribution >= 4 is 28.9 Å². The van der Waals surface area contributed by atoms with Gasteiger partial charge in [0.2, 0.25) is 11.6 Å². The summed E-state index contributed by atoms with van der Waals surface area (Å²) < 4.78 is 4.95. The molecule has 0 saturated heterocycles. The minimum Gasteiger partial charge on any atom is -0.385 e. The molecule has 0 aliphatic carbocycles. The lowest BCUT2D eigenvalue weighted by molar-refractivity contribution is -0.383.